The number of rotatable bonds is 4. The second-order valence-corrected chi connectivity index (χ2v) is 5.10. The first kappa shape index (κ1) is 16.2. The Morgan fingerprint density at radius 2 is 2.11 bits per heavy atom. The van der Waals surface area contributed by atoms with Crippen LogP contribution in [-0.4, -0.2) is 32.8 Å². The van der Waals surface area contributed by atoms with Crippen LogP contribution >= 0.6 is 24.0 Å². The van der Waals surface area contributed by atoms with Gasteiger partial charge in [0.05, 0.1) is 0 Å². The summed E-state index contributed by atoms with van der Waals surface area (Å²) in [7, 11) is 1.96. The molecule has 0 atom stereocenters. The average molecular weight is 378 g/mol. The first-order valence-corrected chi connectivity index (χ1v) is 6.48. The summed E-state index contributed by atoms with van der Waals surface area (Å²) >= 11 is 0. The van der Waals surface area contributed by atoms with Crippen molar-refractivity contribution in [3.05, 3.63) is 11.6 Å². The van der Waals surface area contributed by atoms with E-state index in [-0.39, 0.29) is 24.0 Å². The van der Waals surface area contributed by atoms with E-state index in [0.717, 1.165) is 17.6 Å². The summed E-state index contributed by atoms with van der Waals surface area (Å²) in [6, 6.07) is 0.965. The largest absolute Gasteiger partial charge is 0.354 e. The number of nitrogens with one attached hydrogen (secondary N) is 2. The Morgan fingerprint density at radius 3 is 2.58 bits per heavy atom. The minimum Gasteiger partial charge on any atom is -0.354 e. The van der Waals surface area contributed by atoms with Gasteiger partial charge in [0.25, 0.3) is 0 Å². The molecule has 0 aliphatic heterocycles. The number of guanidine groups is 1. The highest BCUT2D eigenvalue weighted by molar-refractivity contribution is 14.0. The van der Waals surface area contributed by atoms with Crippen molar-refractivity contribution < 1.29 is 0 Å². The maximum atomic E-state index is 4.56. The molecule has 1 aliphatic rings. The first-order valence-electron chi connectivity index (χ1n) is 6.48. The molecule has 1 aromatic rings. The lowest BCUT2D eigenvalue weighted by molar-refractivity contribution is 0.687. The first-order chi connectivity index (χ1) is 8.56. The van der Waals surface area contributed by atoms with Crippen LogP contribution in [0.3, 0.4) is 0 Å². The number of aromatic nitrogens is 3. The van der Waals surface area contributed by atoms with Crippen LogP contribution in [0.4, 0.5) is 0 Å². The maximum absolute atomic E-state index is 4.56. The van der Waals surface area contributed by atoms with Crippen molar-refractivity contribution in [1.82, 2.24) is 25.4 Å². The van der Waals surface area contributed by atoms with Crippen LogP contribution in [0.2, 0.25) is 0 Å². The molecule has 1 aliphatic carbocycles. The number of aryl methyl sites for hydroxylation is 1. The van der Waals surface area contributed by atoms with Crippen LogP contribution in [0.1, 0.15) is 38.3 Å². The van der Waals surface area contributed by atoms with Crippen molar-refractivity contribution in [2.75, 3.05) is 0 Å². The average Bonchev–Trinajstić information content (AvgIpc) is 3.05. The molecule has 2 N–H and O–H groups in total. The summed E-state index contributed by atoms with van der Waals surface area (Å²) in [4.78, 5) is 4.56. The monoisotopic (exact) mass is 378 g/mol. The number of hydrogen-bond acceptors (Lipinski definition) is 3. The molecule has 19 heavy (non-hydrogen) atoms. The predicted octanol–water partition coefficient (Wildman–Crippen LogP) is 1.35. The molecule has 2 rings (SSSR count). The van der Waals surface area contributed by atoms with Gasteiger partial charge in [0.15, 0.2) is 11.8 Å². The third-order valence-electron chi connectivity index (χ3n) is 2.90. The van der Waals surface area contributed by atoms with Crippen LogP contribution in [0.5, 0.6) is 0 Å². The van der Waals surface area contributed by atoms with Crippen molar-refractivity contribution >= 4 is 29.9 Å². The predicted molar refractivity (Wildman–Crippen MR) is 86.7 cm³/mol. The van der Waals surface area contributed by atoms with Gasteiger partial charge in [0.1, 0.15) is 12.4 Å². The fourth-order valence-electron chi connectivity index (χ4n) is 1.57. The zero-order valence-electron chi connectivity index (χ0n) is 12.0. The van der Waals surface area contributed by atoms with E-state index in [1.165, 1.54) is 12.8 Å². The maximum Gasteiger partial charge on any atom is 0.192 e. The Balaban J connectivity index is 0.00000180. The highest BCUT2D eigenvalue weighted by Crippen LogP contribution is 2.18. The van der Waals surface area contributed by atoms with E-state index in [9.17, 15) is 0 Å². The molecule has 0 radical (unpaired) electrons. The molecule has 1 aromatic heterocycles. The van der Waals surface area contributed by atoms with Gasteiger partial charge in [0.2, 0.25) is 0 Å². The van der Waals surface area contributed by atoms with E-state index in [0.29, 0.717) is 18.6 Å². The fourth-order valence-corrected chi connectivity index (χ4v) is 1.57. The molecule has 1 saturated carbocycles. The topological polar surface area (TPSA) is 67.1 Å². The molecule has 6 nitrogen and oxygen atoms in total. The highest BCUT2D eigenvalue weighted by Gasteiger charge is 2.22. The molecule has 108 valence electrons. The minimum absolute atomic E-state index is 0. The van der Waals surface area contributed by atoms with Crippen LogP contribution in [-0.2, 0) is 13.6 Å². The number of halogens is 1. The summed E-state index contributed by atoms with van der Waals surface area (Å²) in [5, 5.41) is 14.9. The van der Waals surface area contributed by atoms with Gasteiger partial charge in [-0.25, -0.2) is 4.99 Å². The molecule has 1 heterocycles. The van der Waals surface area contributed by atoms with Crippen molar-refractivity contribution in [2.45, 2.75) is 52.2 Å². The van der Waals surface area contributed by atoms with Gasteiger partial charge in [-0.15, -0.1) is 34.2 Å². The molecule has 7 heteroatoms. The Kier molecular flexibility index (Phi) is 6.02. The molecule has 0 bridgehead atoms. The molecule has 0 saturated heterocycles. The lowest BCUT2D eigenvalue weighted by Gasteiger charge is -2.14. The van der Waals surface area contributed by atoms with E-state index in [2.05, 4.69) is 39.7 Å². The number of nitrogens with zero attached hydrogens (tertiary/aromatic N) is 4. The molecular formula is C12H23IN6. The lowest BCUT2D eigenvalue weighted by atomic mass is 10.4. The molecule has 0 aromatic carbocycles. The zero-order valence-corrected chi connectivity index (χ0v) is 14.3. The summed E-state index contributed by atoms with van der Waals surface area (Å²) < 4.78 is 1.97. The van der Waals surface area contributed by atoms with Gasteiger partial charge < -0.3 is 15.2 Å². The van der Waals surface area contributed by atoms with E-state index >= 15 is 0 Å². The molecule has 0 amide bonds. The van der Waals surface area contributed by atoms with Crippen LogP contribution in [0, 0.1) is 6.92 Å². The summed E-state index contributed by atoms with van der Waals surface area (Å²) in [6.45, 7) is 6.70. The van der Waals surface area contributed by atoms with E-state index in [1.54, 1.807) is 0 Å². The van der Waals surface area contributed by atoms with Crippen molar-refractivity contribution in [2.24, 2.45) is 12.0 Å². The van der Waals surface area contributed by atoms with Crippen LogP contribution in [0.25, 0.3) is 0 Å². The highest BCUT2D eigenvalue weighted by atomic mass is 127. The Morgan fingerprint density at radius 1 is 1.42 bits per heavy atom. The van der Waals surface area contributed by atoms with E-state index in [4.69, 9.17) is 0 Å². The Labute approximate surface area is 131 Å². The number of aliphatic imine (C=N–C) groups is 1. The molecule has 0 unspecified atom stereocenters. The van der Waals surface area contributed by atoms with Gasteiger partial charge in [0, 0.05) is 19.1 Å². The summed E-state index contributed by atoms with van der Waals surface area (Å²) in [5.41, 5.74) is 0. The standard InChI is InChI=1S/C12H22N6.HI/c1-8(2)14-12(15-10-5-6-10)13-7-11-17-16-9(3)18(11)4;/h8,10H,5-7H2,1-4H3,(H2,13,14,15);1H. The third-order valence-corrected chi connectivity index (χ3v) is 2.90. The second kappa shape index (κ2) is 7.06. The lowest BCUT2D eigenvalue weighted by Crippen LogP contribution is -2.42. The summed E-state index contributed by atoms with van der Waals surface area (Å²) in [6.07, 6.45) is 2.48. The molecule has 0 spiro atoms. The quantitative estimate of drug-likeness (QED) is 0.472. The Hall–Kier alpha value is -0.860. The second-order valence-electron chi connectivity index (χ2n) is 5.10. The fraction of sp³-hybridized carbons (Fsp3) is 0.750. The zero-order chi connectivity index (χ0) is 13.1. The van der Waals surface area contributed by atoms with Crippen LogP contribution in [0.15, 0.2) is 4.99 Å². The van der Waals surface area contributed by atoms with Gasteiger partial charge in [-0.2, -0.15) is 0 Å². The smallest absolute Gasteiger partial charge is 0.192 e. The van der Waals surface area contributed by atoms with Gasteiger partial charge in [-0.3, -0.25) is 0 Å². The minimum atomic E-state index is 0. The SMILES string of the molecule is Cc1nnc(CN=C(NC(C)C)NC2CC2)n1C.I. The van der Waals surface area contributed by atoms with E-state index in [1.807, 2.05) is 18.5 Å². The normalized spacial score (nSPS) is 15.3. The van der Waals surface area contributed by atoms with Gasteiger partial charge in [-0.1, -0.05) is 0 Å². The van der Waals surface area contributed by atoms with E-state index < -0.39 is 0 Å². The van der Waals surface area contributed by atoms with Crippen molar-refractivity contribution in [3.63, 3.8) is 0 Å². The third kappa shape index (κ3) is 4.96. The molecular weight excluding hydrogens is 355 g/mol. The van der Waals surface area contributed by atoms with Gasteiger partial charge >= 0.3 is 0 Å². The number of hydrogen-bond donors (Lipinski definition) is 2. The van der Waals surface area contributed by atoms with Gasteiger partial charge in [-0.05, 0) is 33.6 Å². The Bertz CT molecular complexity index is 429. The molecule has 1 fully saturated rings. The van der Waals surface area contributed by atoms with Crippen molar-refractivity contribution in [1.29, 1.82) is 0 Å². The van der Waals surface area contributed by atoms with Crippen LogP contribution < -0.4 is 10.6 Å². The van der Waals surface area contributed by atoms with Crippen molar-refractivity contribution in [3.8, 4) is 0 Å². The summed E-state index contributed by atoms with van der Waals surface area (Å²) in [5.74, 6) is 2.66.